The van der Waals surface area contributed by atoms with E-state index in [1.54, 1.807) is 19.2 Å². The Morgan fingerprint density at radius 1 is 1.24 bits per heavy atom. The zero-order chi connectivity index (χ0) is 23.4. The number of halogens is 2. The summed E-state index contributed by atoms with van der Waals surface area (Å²) in [6.07, 6.45) is 3.17. The number of aromatic nitrogens is 1. The highest BCUT2D eigenvalue weighted by atomic mass is 19.3. The van der Waals surface area contributed by atoms with Crippen molar-refractivity contribution in [2.45, 2.75) is 51.1 Å². The van der Waals surface area contributed by atoms with E-state index in [1.807, 2.05) is 31.3 Å². The topological polar surface area (TPSA) is 65.6 Å². The maximum atomic E-state index is 13.9. The number of benzene rings is 2. The van der Waals surface area contributed by atoms with Gasteiger partial charge in [-0.3, -0.25) is 4.90 Å². The molecular formula is C26H28F2N2O3. The van der Waals surface area contributed by atoms with E-state index in [0.717, 1.165) is 39.8 Å². The second-order valence-electron chi connectivity index (χ2n) is 9.72. The summed E-state index contributed by atoms with van der Waals surface area (Å²) in [7, 11) is 1.67. The predicted molar refractivity (Wildman–Crippen MR) is 122 cm³/mol. The maximum absolute atomic E-state index is 13.9. The highest BCUT2D eigenvalue weighted by Crippen LogP contribution is 2.60. The van der Waals surface area contributed by atoms with E-state index in [4.69, 9.17) is 4.74 Å². The van der Waals surface area contributed by atoms with Crippen molar-refractivity contribution in [3.8, 4) is 5.75 Å². The van der Waals surface area contributed by atoms with Gasteiger partial charge in [0, 0.05) is 48.1 Å². The smallest absolute Gasteiger partial charge is 0.335 e. The minimum Gasteiger partial charge on any atom is -0.496 e. The van der Waals surface area contributed by atoms with Crippen LogP contribution < -0.4 is 4.74 Å². The highest BCUT2D eigenvalue weighted by Gasteiger charge is 2.58. The lowest BCUT2D eigenvalue weighted by Crippen LogP contribution is -2.53. The molecule has 0 radical (unpaired) electrons. The van der Waals surface area contributed by atoms with Crippen molar-refractivity contribution in [3.05, 3.63) is 64.8 Å². The number of nitrogens with one attached hydrogen (secondary N) is 1. The van der Waals surface area contributed by atoms with Crippen molar-refractivity contribution in [1.82, 2.24) is 9.88 Å². The molecule has 5 rings (SSSR count). The van der Waals surface area contributed by atoms with Crippen molar-refractivity contribution in [2.24, 2.45) is 5.41 Å². The summed E-state index contributed by atoms with van der Waals surface area (Å²) in [5, 5.41) is 10.4. The number of hydrogen-bond donors (Lipinski definition) is 2. The van der Waals surface area contributed by atoms with Crippen LogP contribution in [0.25, 0.3) is 10.9 Å². The summed E-state index contributed by atoms with van der Waals surface area (Å²) in [4.78, 5) is 16.9. The van der Waals surface area contributed by atoms with E-state index in [-0.39, 0.29) is 29.9 Å². The van der Waals surface area contributed by atoms with Crippen LogP contribution in [0.15, 0.2) is 42.6 Å². The molecule has 3 aromatic rings. The number of methoxy groups -OCH3 is 1. The molecule has 1 saturated carbocycles. The Morgan fingerprint density at radius 2 is 1.97 bits per heavy atom. The number of H-pyrrole nitrogens is 1. The Morgan fingerprint density at radius 3 is 2.61 bits per heavy atom. The number of fused-ring (bicyclic) bond motifs is 1. The molecule has 2 heterocycles. The fourth-order valence-electron chi connectivity index (χ4n) is 5.89. The average Bonchev–Trinajstić information content (AvgIpc) is 3.26. The number of hydrogen-bond acceptors (Lipinski definition) is 3. The first-order valence-electron chi connectivity index (χ1n) is 11.3. The number of alkyl halides is 2. The number of nitrogens with zero attached hydrogens (tertiary/aromatic N) is 1. The van der Waals surface area contributed by atoms with E-state index in [9.17, 15) is 18.7 Å². The van der Waals surface area contributed by atoms with Gasteiger partial charge in [-0.2, -0.15) is 0 Å². The first-order chi connectivity index (χ1) is 15.7. The average molecular weight is 455 g/mol. The fraction of sp³-hybridized carbons (Fsp3) is 0.423. The predicted octanol–water partition coefficient (Wildman–Crippen LogP) is 5.94. The SMILES string of the molecule is COc1cc(C)c2[nH]ccc2c1CN1CCC2(C[C@H]1c1ccc(C(=O)O)cc1)CC(F)(F)C2. The number of rotatable bonds is 5. The van der Waals surface area contributed by atoms with Crippen LogP contribution in [0.3, 0.4) is 0 Å². The normalized spacial score (nSPS) is 21.8. The molecule has 1 saturated heterocycles. The Labute approximate surface area is 191 Å². The molecule has 2 fully saturated rings. The fourth-order valence-corrected chi connectivity index (χ4v) is 5.89. The molecule has 0 bridgehead atoms. The molecule has 1 aliphatic carbocycles. The number of carboxylic acids is 1. The monoisotopic (exact) mass is 454 g/mol. The van der Waals surface area contributed by atoms with Crippen LogP contribution in [-0.2, 0) is 6.54 Å². The summed E-state index contributed by atoms with van der Waals surface area (Å²) in [5.74, 6) is -2.73. The largest absolute Gasteiger partial charge is 0.496 e. The molecule has 7 heteroatoms. The second kappa shape index (κ2) is 7.83. The van der Waals surface area contributed by atoms with Gasteiger partial charge in [-0.1, -0.05) is 12.1 Å². The molecular weight excluding hydrogens is 426 g/mol. The Balaban J connectivity index is 1.50. The lowest BCUT2D eigenvalue weighted by molar-refractivity contribution is -0.186. The number of ether oxygens (including phenoxy) is 1. The van der Waals surface area contributed by atoms with Gasteiger partial charge in [0.05, 0.1) is 12.7 Å². The molecule has 1 atom stereocenters. The Kier molecular flexibility index (Phi) is 5.20. The summed E-state index contributed by atoms with van der Waals surface area (Å²) < 4.78 is 33.4. The highest BCUT2D eigenvalue weighted by molar-refractivity contribution is 5.88. The number of likely N-dealkylation sites (tertiary alicyclic amines) is 1. The van der Waals surface area contributed by atoms with Crippen molar-refractivity contribution >= 4 is 16.9 Å². The molecule has 5 nitrogen and oxygen atoms in total. The van der Waals surface area contributed by atoms with Gasteiger partial charge in [0.1, 0.15) is 5.75 Å². The standard InChI is InChI=1S/C26H28F2N2O3/c1-16-11-22(33-2)20(19-7-9-29-23(16)19)13-30-10-8-25(14-26(27,28)15-25)12-21(30)17-3-5-18(6-4-17)24(31)32/h3-7,9,11,21,29H,8,10,12-15H2,1-2H3,(H,31,32)/t21-/m0/s1. The second-order valence-corrected chi connectivity index (χ2v) is 9.72. The Bertz CT molecular complexity index is 1190. The molecule has 1 aliphatic heterocycles. The van der Waals surface area contributed by atoms with Gasteiger partial charge in [-0.05, 0) is 67.1 Å². The van der Waals surface area contributed by atoms with E-state index in [2.05, 4.69) is 16.0 Å². The number of carbonyl (C=O) groups is 1. The van der Waals surface area contributed by atoms with Crippen LogP contribution in [0.5, 0.6) is 5.75 Å². The number of piperidine rings is 1. The molecule has 2 aromatic carbocycles. The minimum absolute atomic E-state index is 0.0620. The number of aryl methyl sites for hydroxylation is 1. The van der Waals surface area contributed by atoms with E-state index in [1.165, 1.54) is 0 Å². The summed E-state index contributed by atoms with van der Waals surface area (Å²) in [6, 6.07) is 10.9. The maximum Gasteiger partial charge on any atom is 0.335 e. The molecule has 1 spiro atoms. The third kappa shape index (κ3) is 3.88. The lowest BCUT2D eigenvalue weighted by atomic mass is 9.59. The van der Waals surface area contributed by atoms with E-state index < -0.39 is 11.9 Å². The van der Waals surface area contributed by atoms with Gasteiger partial charge in [-0.15, -0.1) is 0 Å². The number of carboxylic acid groups (broad SMARTS) is 1. The van der Waals surface area contributed by atoms with Gasteiger partial charge in [0.15, 0.2) is 0 Å². The van der Waals surface area contributed by atoms with Gasteiger partial charge in [-0.25, -0.2) is 13.6 Å². The third-order valence-corrected chi connectivity index (χ3v) is 7.50. The van der Waals surface area contributed by atoms with Crippen LogP contribution in [0, 0.1) is 12.3 Å². The van der Waals surface area contributed by atoms with Crippen molar-refractivity contribution < 1.29 is 23.4 Å². The van der Waals surface area contributed by atoms with E-state index in [0.29, 0.717) is 19.5 Å². The molecule has 2 N–H and O–H groups in total. The quantitative estimate of drug-likeness (QED) is 0.501. The van der Waals surface area contributed by atoms with Crippen LogP contribution in [0.4, 0.5) is 8.78 Å². The van der Waals surface area contributed by atoms with Crippen LogP contribution in [0.2, 0.25) is 0 Å². The molecule has 2 aliphatic rings. The van der Waals surface area contributed by atoms with Crippen LogP contribution in [-0.4, -0.2) is 40.5 Å². The summed E-state index contributed by atoms with van der Waals surface area (Å²) in [5.41, 5.74) is 4.08. The molecule has 1 aromatic heterocycles. The zero-order valence-corrected chi connectivity index (χ0v) is 18.8. The third-order valence-electron chi connectivity index (χ3n) is 7.50. The number of aromatic carboxylic acids is 1. The van der Waals surface area contributed by atoms with Crippen molar-refractivity contribution in [2.75, 3.05) is 13.7 Å². The lowest BCUT2D eigenvalue weighted by Gasteiger charge is -2.54. The first-order valence-corrected chi connectivity index (χ1v) is 11.3. The molecule has 33 heavy (non-hydrogen) atoms. The number of aromatic amines is 1. The van der Waals surface area contributed by atoms with E-state index >= 15 is 0 Å². The van der Waals surface area contributed by atoms with Gasteiger partial charge >= 0.3 is 5.97 Å². The van der Waals surface area contributed by atoms with Gasteiger partial charge in [0.2, 0.25) is 5.92 Å². The summed E-state index contributed by atoms with van der Waals surface area (Å²) >= 11 is 0. The molecule has 0 amide bonds. The summed E-state index contributed by atoms with van der Waals surface area (Å²) in [6.45, 7) is 3.36. The van der Waals surface area contributed by atoms with Crippen LogP contribution >= 0.6 is 0 Å². The molecule has 174 valence electrons. The van der Waals surface area contributed by atoms with Crippen molar-refractivity contribution in [3.63, 3.8) is 0 Å². The van der Waals surface area contributed by atoms with Gasteiger partial charge in [0.25, 0.3) is 0 Å². The van der Waals surface area contributed by atoms with Crippen LogP contribution in [0.1, 0.15) is 58.8 Å². The minimum atomic E-state index is -2.57. The van der Waals surface area contributed by atoms with Crippen molar-refractivity contribution in [1.29, 1.82) is 0 Å². The van der Waals surface area contributed by atoms with Gasteiger partial charge < -0.3 is 14.8 Å². The first kappa shape index (κ1) is 21.9. The Hall–Kier alpha value is -2.93. The molecule has 0 unspecified atom stereocenters. The zero-order valence-electron chi connectivity index (χ0n) is 18.8.